The van der Waals surface area contributed by atoms with Crippen LogP contribution in [0.2, 0.25) is 5.02 Å². The highest BCUT2D eigenvalue weighted by molar-refractivity contribution is 7.09. The van der Waals surface area contributed by atoms with Gasteiger partial charge in [0.2, 0.25) is 0 Å². The van der Waals surface area contributed by atoms with Crippen LogP contribution in [0, 0.1) is 6.92 Å². The summed E-state index contributed by atoms with van der Waals surface area (Å²) in [4.78, 5) is 5.28. The first-order valence-electron chi connectivity index (χ1n) is 5.74. The van der Waals surface area contributed by atoms with Gasteiger partial charge in [-0.15, -0.1) is 11.3 Å². The predicted octanol–water partition coefficient (Wildman–Crippen LogP) is 3.40. The molecular weight excluding hydrogens is 282 g/mol. The maximum atomic E-state index is 6.12. The topological polar surface area (TPSA) is 64.1 Å². The number of rotatable bonds is 3. The van der Waals surface area contributed by atoms with Crippen molar-refractivity contribution in [3.05, 3.63) is 51.1 Å². The largest absolute Gasteiger partial charge is 0.457 e. The van der Waals surface area contributed by atoms with Crippen LogP contribution in [0.3, 0.4) is 0 Å². The molecule has 2 aromatic heterocycles. The van der Waals surface area contributed by atoms with Crippen molar-refractivity contribution in [2.45, 2.75) is 13.0 Å². The number of furan rings is 1. The number of nitrogens with two attached hydrogens (primary N) is 1. The van der Waals surface area contributed by atoms with Gasteiger partial charge in [0.15, 0.2) is 5.58 Å². The first-order valence-corrected chi connectivity index (χ1v) is 7.00. The van der Waals surface area contributed by atoms with E-state index in [9.17, 15) is 0 Å². The average molecular weight is 294 g/mol. The molecule has 0 amide bonds. The number of halogens is 1. The zero-order valence-electron chi connectivity index (χ0n) is 10.2. The van der Waals surface area contributed by atoms with E-state index in [1.54, 1.807) is 22.9 Å². The SMILES string of the molecule is Cc1ncsc1C(NN)c1cc2cccc(Cl)c2o1. The molecule has 0 fully saturated rings. The number of hydrogen-bond acceptors (Lipinski definition) is 5. The van der Waals surface area contributed by atoms with Crippen molar-refractivity contribution in [3.8, 4) is 0 Å². The van der Waals surface area contributed by atoms with Crippen LogP contribution >= 0.6 is 22.9 Å². The predicted molar refractivity (Wildman–Crippen MR) is 77.2 cm³/mol. The number of nitrogens with one attached hydrogen (secondary N) is 1. The first kappa shape index (κ1) is 12.6. The summed E-state index contributed by atoms with van der Waals surface area (Å²) < 4.78 is 5.84. The van der Waals surface area contributed by atoms with Crippen LogP contribution in [0.4, 0.5) is 0 Å². The first-order chi connectivity index (χ1) is 9.20. The number of fused-ring (bicyclic) bond motifs is 1. The van der Waals surface area contributed by atoms with E-state index in [-0.39, 0.29) is 6.04 Å². The van der Waals surface area contributed by atoms with E-state index in [1.807, 2.05) is 25.1 Å². The van der Waals surface area contributed by atoms with Gasteiger partial charge in [0, 0.05) is 5.39 Å². The molecule has 3 N–H and O–H groups in total. The summed E-state index contributed by atoms with van der Waals surface area (Å²) in [5.74, 6) is 6.39. The molecule has 0 radical (unpaired) electrons. The minimum atomic E-state index is -0.212. The van der Waals surface area contributed by atoms with E-state index < -0.39 is 0 Å². The van der Waals surface area contributed by atoms with Gasteiger partial charge in [-0.05, 0) is 19.1 Å². The fraction of sp³-hybridized carbons (Fsp3) is 0.154. The van der Waals surface area contributed by atoms with Crippen molar-refractivity contribution < 1.29 is 4.42 Å². The van der Waals surface area contributed by atoms with Crippen LogP contribution in [0.1, 0.15) is 22.4 Å². The molecule has 0 aliphatic heterocycles. The van der Waals surface area contributed by atoms with Crippen molar-refractivity contribution in [2.75, 3.05) is 0 Å². The van der Waals surface area contributed by atoms with Gasteiger partial charge in [-0.1, -0.05) is 23.7 Å². The summed E-state index contributed by atoms with van der Waals surface area (Å²) in [6.07, 6.45) is 0. The van der Waals surface area contributed by atoms with Gasteiger partial charge in [0.25, 0.3) is 0 Å². The highest BCUT2D eigenvalue weighted by atomic mass is 35.5. The number of hydrazine groups is 1. The second kappa shape index (κ2) is 4.94. The maximum absolute atomic E-state index is 6.12. The fourth-order valence-corrected chi connectivity index (χ4v) is 3.15. The molecule has 3 aromatic rings. The summed E-state index contributed by atoms with van der Waals surface area (Å²) in [6.45, 7) is 1.95. The lowest BCUT2D eigenvalue weighted by Crippen LogP contribution is -2.28. The van der Waals surface area contributed by atoms with Crippen molar-refractivity contribution in [1.29, 1.82) is 0 Å². The molecule has 2 heterocycles. The third-order valence-corrected chi connectivity index (χ3v) is 4.30. The van der Waals surface area contributed by atoms with E-state index >= 15 is 0 Å². The van der Waals surface area contributed by atoms with Gasteiger partial charge in [0.05, 0.1) is 21.1 Å². The quantitative estimate of drug-likeness (QED) is 0.574. The summed E-state index contributed by atoms with van der Waals surface area (Å²) in [6, 6.07) is 7.40. The molecule has 6 heteroatoms. The third kappa shape index (κ3) is 2.15. The van der Waals surface area contributed by atoms with Crippen LogP contribution in [0.15, 0.2) is 34.2 Å². The Morgan fingerprint density at radius 3 is 2.95 bits per heavy atom. The standard InChI is InChI=1S/C13H12ClN3OS/c1-7-13(19-6-16-7)11(17-15)10-5-8-3-2-4-9(14)12(8)18-10/h2-6,11,17H,15H2,1H3. The average Bonchev–Trinajstić information content (AvgIpc) is 2.99. The Hall–Kier alpha value is -1.40. The molecule has 0 bridgehead atoms. The highest BCUT2D eigenvalue weighted by Gasteiger charge is 2.21. The zero-order chi connectivity index (χ0) is 13.4. The van der Waals surface area contributed by atoms with Crippen LogP contribution in [0.25, 0.3) is 11.0 Å². The minimum Gasteiger partial charge on any atom is -0.457 e. The second-order valence-electron chi connectivity index (χ2n) is 4.21. The Bertz CT molecular complexity index is 722. The molecule has 98 valence electrons. The molecule has 1 aromatic carbocycles. The molecule has 1 atom stereocenters. The molecular formula is C13H12ClN3OS. The normalized spacial score (nSPS) is 13.0. The van der Waals surface area contributed by atoms with Gasteiger partial charge in [-0.2, -0.15) is 0 Å². The van der Waals surface area contributed by atoms with E-state index in [0.717, 1.165) is 21.7 Å². The number of nitrogens with zero attached hydrogens (tertiary/aromatic N) is 1. The number of benzene rings is 1. The number of aryl methyl sites for hydroxylation is 1. The van der Waals surface area contributed by atoms with Gasteiger partial charge in [-0.25, -0.2) is 10.4 Å². The van der Waals surface area contributed by atoms with Crippen molar-refractivity contribution in [2.24, 2.45) is 5.84 Å². The Morgan fingerprint density at radius 2 is 2.32 bits per heavy atom. The summed E-state index contributed by atoms with van der Waals surface area (Å²) in [5.41, 5.74) is 6.20. The molecule has 0 saturated carbocycles. The molecule has 3 rings (SSSR count). The second-order valence-corrected chi connectivity index (χ2v) is 5.50. The van der Waals surface area contributed by atoms with Crippen molar-refractivity contribution in [1.82, 2.24) is 10.4 Å². The molecule has 4 nitrogen and oxygen atoms in total. The Kier molecular flexibility index (Phi) is 3.28. The minimum absolute atomic E-state index is 0.212. The lowest BCUT2D eigenvalue weighted by atomic mass is 10.1. The van der Waals surface area contributed by atoms with Crippen LogP contribution in [-0.2, 0) is 0 Å². The van der Waals surface area contributed by atoms with Gasteiger partial charge in [-0.3, -0.25) is 5.84 Å². The van der Waals surface area contributed by atoms with Gasteiger partial charge in [0.1, 0.15) is 11.8 Å². The van der Waals surface area contributed by atoms with E-state index in [0.29, 0.717) is 10.6 Å². The number of para-hydroxylation sites is 1. The Labute approximate surface area is 119 Å². The summed E-state index contributed by atoms with van der Waals surface area (Å²) >= 11 is 7.66. The highest BCUT2D eigenvalue weighted by Crippen LogP contribution is 2.33. The van der Waals surface area contributed by atoms with E-state index in [1.165, 1.54) is 0 Å². The van der Waals surface area contributed by atoms with Crippen LogP contribution in [0.5, 0.6) is 0 Å². The lowest BCUT2D eigenvalue weighted by molar-refractivity contribution is 0.480. The van der Waals surface area contributed by atoms with Gasteiger partial charge >= 0.3 is 0 Å². The van der Waals surface area contributed by atoms with E-state index in [2.05, 4.69) is 10.4 Å². The summed E-state index contributed by atoms with van der Waals surface area (Å²) in [5, 5.41) is 1.56. The Morgan fingerprint density at radius 1 is 1.47 bits per heavy atom. The van der Waals surface area contributed by atoms with Crippen LogP contribution in [-0.4, -0.2) is 4.98 Å². The maximum Gasteiger partial charge on any atom is 0.152 e. The molecule has 1 unspecified atom stereocenters. The van der Waals surface area contributed by atoms with Crippen molar-refractivity contribution in [3.63, 3.8) is 0 Å². The number of hydrogen-bond donors (Lipinski definition) is 2. The van der Waals surface area contributed by atoms with Crippen LogP contribution < -0.4 is 11.3 Å². The Balaban J connectivity index is 2.12. The number of aromatic nitrogens is 1. The third-order valence-electron chi connectivity index (χ3n) is 3.01. The smallest absolute Gasteiger partial charge is 0.152 e. The molecule has 19 heavy (non-hydrogen) atoms. The zero-order valence-corrected chi connectivity index (χ0v) is 11.8. The molecule has 0 saturated heterocycles. The molecule has 0 spiro atoms. The van der Waals surface area contributed by atoms with Gasteiger partial charge < -0.3 is 4.42 Å². The number of thiazole rings is 1. The fourth-order valence-electron chi connectivity index (χ4n) is 2.06. The summed E-state index contributed by atoms with van der Waals surface area (Å²) in [7, 11) is 0. The molecule has 0 aliphatic carbocycles. The monoisotopic (exact) mass is 293 g/mol. The van der Waals surface area contributed by atoms with Crippen molar-refractivity contribution >= 4 is 33.9 Å². The van der Waals surface area contributed by atoms with E-state index in [4.69, 9.17) is 21.9 Å². The lowest BCUT2D eigenvalue weighted by Gasteiger charge is -2.11. The molecule has 0 aliphatic rings.